The summed E-state index contributed by atoms with van der Waals surface area (Å²) in [5.41, 5.74) is 5.06. The van der Waals surface area contributed by atoms with Gasteiger partial charge in [0.05, 0.1) is 6.54 Å². The van der Waals surface area contributed by atoms with Gasteiger partial charge in [-0.05, 0) is 29.8 Å². The molecule has 1 unspecified atom stereocenters. The van der Waals surface area contributed by atoms with Crippen molar-refractivity contribution in [3.63, 3.8) is 0 Å². The van der Waals surface area contributed by atoms with E-state index in [1.807, 2.05) is 6.07 Å². The molecule has 0 fully saturated rings. The Bertz CT molecular complexity index is 1400. The molecule has 0 aliphatic rings. The first-order chi connectivity index (χ1) is 15.9. The molecule has 33 heavy (non-hydrogen) atoms. The SMILES string of the molecule is NC(Cn1c(=O)c(Cc2c(F)cccc2Cl)nn(-c2ccccc2F)c1=O)c1ccccc1. The summed E-state index contributed by atoms with van der Waals surface area (Å²) in [7, 11) is 0. The van der Waals surface area contributed by atoms with Crippen LogP contribution < -0.4 is 17.0 Å². The fourth-order valence-corrected chi connectivity index (χ4v) is 3.72. The van der Waals surface area contributed by atoms with Crippen LogP contribution in [-0.2, 0) is 13.0 Å². The molecule has 3 aromatic carbocycles. The number of rotatable bonds is 6. The maximum absolute atomic E-state index is 14.5. The topological polar surface area (TPSA) is 82.9 Å². The summed E-state index contributed by atoms with van der Waals surface area (Å²) in [5, 5.41) is 4.19. The first-order valence-corrected chi connectivity index (χ1v) is 10.5. The monoisotopic (exact) mass is 468 g/mol. The lowest BCUT2D eigenvalue weighted by molar-refractivity contribution is 0.496. The minimum absolute atomic E-state index is 0.0430. The van der Waals surface area contributed by atoms with Crippen molar-refractivity contribution in [2.24, 2.45) is 5.73 Å². The molecule has 4 aromatic rings. The zero-order valence-electron chi connectivity index (χ0n) is 17.3. The number of hydrogen-bond donors (Lipinski definition) is 1. The largest absolute Gasteiger partial charge is 0.352 e. The van der Waals surface area contributed by atoms with Crippen molar-refractivity contribution in [2.75, 3.05) is 0 Å². The van der Waals surface area contributed by atoms with Crippen LogP contribution in [0.3, 0.4) is 0 Å². The molecule has 0 aliphatic carbocycles. The molecular formula is C24H19ClF2N4O2. The molecule has 0 spiro atoms. The van der Waals surface area contributed by atoms with Crippen LogP contribution in [0.1, 0.15) is 22.9 Å². The average Bonchev–Trinajstić information content (AvgIpc) is 2.81. The van der Waals surface area contributed by atoms with Crippen molar-refractivity contribution in [3.05, 3.63) is 127 Å². The highest BCUT2D eigenvalue weighted by atomic mass is 35.5. The Morgan fingerprint density at radius 2 is 1.58 bits per heavy atom. The van der Waals surface area contributed by atoms with E-state index in [1.54, 1.807) is 24.3 Å². The quantitative estimate of drug-likeness (QED) is 0.468. The minimum atomic E-state index is -0.861. The normalized spacial score (nSPS) is 12.0. The highest BCUT2D eigenvalue weighted by Gasteiger charge is 2.20. The van der Waals surface area contributed by atoms with Crippen LogP contribution in [-0.4, -0.2) is 14.3 Å². The number of benzene rings is 3. The third-order valence-corrected chi connectivity index (χ3v) is 5.57. The minimum Gasteiger partial charge on any atom is -0.322 e. The van der Waals surface area contributed by atoms with E-state index in [4.69, 9.17) is 17.3 Å². The van der Waals surface area contributed by atoms with Gasteiger partial charge in [-0.25, -0.2) is 13.6 Å². The van der Waals surface area contributed by atoms with E-state index >= 15 is 0 Å². The lowest BCUT2D eigenvalue weighted by Crippen LogP contribution is -2.45. The lowest BCUT2D eigenvalue weighted by Gasteiger charge is -2.16. The summed E-state index contributed by atoms with van der Waals surface area (Å²) in [6.45, 7) is -0.184. The molecule has 0 saturated heterocycles. The van der Waals surface area contributed by atoms with Gasteiger partial charge in [0.1, 0.15) is 23.0 Å². The van der Waals surface area contributed by atoms with Gasteiger partial charge in [-0.15, -0.1) is 0 Å². The molecule has 0 saturated carbocycles. The second-order valence-electron chi connectivity index (χ2n) is 7.40. The molecule has 1 aromatic heterocycles. The van der Waals surface area contributed by atoms with E-state index in [0.29, 0.717) is 5.56 Å². The molecule has 4 rings (SSSR count). The van der Waals surface area contributed by atoms with Crippen molar-refractivity contribution in [3.8, 4) is 5.69 Å². The van der Waals surface area contributed by atoms with Gasteiger partial charge < -0.3 is 5.73 Å². The second-order valence-corrected chi connectivity index (χ2v) is 7.81. The fraction of sp³-hybridized carbons (Fsp3) is 0.125. The predicted octanol–water partition coefficient (Wildman–Crippen LogP) is 3.62. The van der Waals surface area contributed by atoms with Gasteiger partial charge in [0.2, 0.25) is 0 Å². The molecule has 0 aliphatic heterocycles. The van der Waals surface area contributed by atoms with Gasteiger partial charge in [0.15, 0.2) is 0 Å². The smallest absolute Gasteiger partial charge is 0.322 e. The Hall–Kier alpha value is -3.62. The van der Waals surface area contributed by atoms with Gasteiger partial charge in [-0.3, -0.25) is 9.36 Å². The van der Waals surface area contributed by atoms with Gasteiger partial charge >= 0.3 is 5.69 Å². The number of nitrogens with zero attached hydrogens (tertiary/aromatic N) is 3. The first-order valence-electron chi connectivity index (χ1n) is 10.1. The Morgan fingerprint density at radius 1 is 0.909 bits per heavy atom. The number of aromatic nitrogens is 3. The van der Waals surface area contributed by atoms with Crippen molar-refractivity contribution < 1.29 is 8.78 Å². The van der Waals surface area contributed by atoms with E-state index in [2.05, 4.69) is 5.10 Å². The molecule has 0 radical (unpaired) electrons. The third kappa shape index (κ3) is 4.62. The van der Waals surface area contributed by atoms with Crippen molar-refractivity contribution in [2.45, 2.75) is 19.0 Å². The summed E-state index contributed by atoms with van der Waals surface area (Å²) >= 11 is 6.12. The third-order valence-electron chi connectivity index (χ3n) is 5.22. The molecular weight excluding hydrogens is 450 g/mol. The summed E-state index contributed by atoms with van der Waals surface area (Å²) in [6.07, 6.45) is -0.292. The molecule has 0 amide bonds. The molecule has 0 bridgehead atoms. The molecule has 1 atom stereocenters. The zero-order valence-corrected chi connectivity index (χ0v) is 18.0. The van der Waals surface area contributed by atoms with Gasteiger partial charge in [-0.1, -0.05) is 60.1 Å². The van der Waals surface area contributed by atoms with E-state index in [9.17, 15) is 18.4 Å². The maximum atomic E-state index is 14.5. The molecule has 2 N–H and O–H groups in total. The first kappa shape index (κ1) is 22.6. The van der Waals surface area contributed by atoms with Crippen LogP contribution in [0.2, 0.25) is 5.02 Å². The molecule has 9 heteroatoms. The highest BCUT2D eigenvalue weighted by molar-refractivity contribution is 6.31. The van der Waals surface area contributed by atoms with Gasteiger partial charge in [0, 0.05) is 23.0 Å². The van der Waals surface area contributed by atoms with Crippen LogP contribution in [0.15, 0.2) is 82.4 Å². The Balaban J connectivity index is 1.89. The predicted molar refractivity (Wildman–Crippen MR) is 122 cm³/mol. The standard InChI is InChI=1S/C24H19ClF2N4O2/c25-17-9-6-11-18(26)16(17)13-21-23(32)30(14-20(28)15-7-2-1-3-8-15)24(33)31(29-21)22-12-5-4-10-19(22)27/h1-12,20H,13-14,28H2. The van der Waals surface area contributed by atoms with Crippen LogP contribution in [0.5, 0.6) is 0 Å². The van der Waals surface area contributed by atoms with Crippen LogP contribution in [0, 0.1) is 11.6 Å². The Morgan fingerprint density at radius 3 is 2.27 bits per heavy atom. The highest BCUT2D eigenvalue weighted by Crippen LogP contribution is 2.21. The number of para-hydroxylation sites is 1. The molecule has 6 nitrogen and oxygen atoms in total. The summed E-state index contributed by atoms with van der Waals surface area (Å²) in [4.78, 5) is 26.4. The van der Waals surface area contributed by atoms with Crippen molar-refractivity contribution >= 4 is 11.6 Å². The van der Waals surface area contributed by atoms with Crippen LogP contribution in [0.4, 0.5) is 8.78 Å². The van der Waals surface area contributed by atoms with Crippen LogP contribution >= 0.6 is 11.6 Å². The van der Waals surface area contributed by atoms with E-state index in [1.165, 1.54) is 42.5 Å². The number of hydrogen-bond acceptors (Lipinski definition) is 4. The summed E-state index contributed by atoms with van der Waals surface area (Å²) in [6, 6.07) is 17.9. The van der Waals surface area contributed by atoms with E-state index in [0.717, 1.165) is 9.25 Å². The summed E-state index contributed by atoms with van der Waals surface area (Å²) < 4.78 is 30.6. The van der Waals surface area contributed by atoms with Gasteiger partial charge in [-0.2, -0.15) is 9.78 Å². The van der Waals surface area contributed by atoms with E-state index < -0.39 is 28.9 Å². The Labute approximate surface area is 192 Å². The number of halogens is 3. The lowest BCUT2D eigenvalue weighted by atomic mass is 10.1. The zero-order chi connectivity index (χ0) is 23.5. The Kier molecular flexibility index (Phi) is 6.48. The van der Waals surface area contributed by atoms with Gasteiger partial charge in [0.25, 0.3) is 5.56 Å². The van der Waals surface area contributed by atoms with Crippen LogP contribution in [0.25, 0.3) is 5.69 Å². The molecule has 1 heterocycles. The van der Waals surface area contributed by atoms with E-state index in [-0.39, 0.29) is 34.9 Å². The fourth-order valence-electron chi connectivity index (χ4n) is 3.49. The van der Waals surface area contributed by atoms with Crippen molar-refractivity contribution in [1.82, 2.24) is 14.3 Å². The number of nitrogens with two attached hydrogens (primary N) is 1. The average molecular weight is 469 g/mol. The second kappa shape index (κ2) is 9.48. The molecule has 168 valence electrons. The summed E-state index contributed by atoms with van der Waals surface area (Å²) in [5.74, 6) is -1.33. The van der Waals surface area contributed by atoms with Crippen molar-refractivity contribution in [1.29, 1.82) is 0 Å². The maximum Gasteiger partial charge on any atom is 0.352 e.